The maximum absolute atomic E-state index is 12.9. The molecule has 0 atom stereocenters. The third kappa shape index (κ3) is 4.65. The van der Waals surface area contributed by atoms with Gasteiger partial charge in [-0.2, -0.15) is 0 Å². The van der Waals surface area contributed by atoms with E-state index in [1.165, 1.54) is 12.1 Å². The Morgan fingerprint density at radius 2 is 1.95 bits per heavy atom. The lowest BCUT2D eigenvalue weighted by molar-refractivity contribution is -0.119. The molecule has 0 unspecified atom stereocenters. The van der Waals surface area contributed by atoms with E-state index in [2.05, 4.69) is 5.32 Å². The van der Waals surface area contributed by atoms with Crippen molar-refractivity contribution < 1.29 is 13.9 Å². The lowest BCUT2D eigenvalue weighted by Gasteiger charge is -2.09. The number of carbonyl (C=O) groups excluding carboxylic acids is 1. The average Bonchev–Trinajstić information content (AvgIpc) is 2.45. The molecular weight excluding hydrogens is 295 g/mol. The van der Waals surface area contributed by atoms with Gasteiger partial charge in [0.15, 0.2) is 6.61 Å². The van der Waals surface area contributed by atoms with Crippen molar-refractivity contribution in [2.45, 2.75) is 6.54 Å². The lowest BCUT2D eigenvalue weighted by Crippen LogP contribution is -2.19. The van der Waals surface area contributed by atoms with E-state index in [0.717, 1.165) is 5.56 Å². The van der Waals surface area contributed by atoms with E-state index in [9.17, 15) is 9.18 Å². The van der Waals surface area contributed by atoms with Crippen LogP contribution in [0.3, 0.4) is 0 Å². The molecule has 4 nitrogen and oxygen atoms in total. The zero-order valence-electron chi connectivity index (χ0n) is 11.1. The summed E-state index contributed by atoms with van der Waals surface area (Å²) in [7, 11) is 0. The number of rotatable bonds is 6. The maximum Gasteiger partial charge on any atom is 0.255 e. The highest BCUT2D eigenvalue weighted by Gasteiger charge is 2.02. The minimum Gasteiger partial charge on any atom is -0.484 e. The average molecular weight is 309 g/mol. The van der Waals surface area contributed by atoms with Gasteiger partial charge in [0, 0.05) is 6.54 Å². The standard InChI is InChI=1S/C15H14ClFN2O2/c16-13-7-11(17)3-6-14(13)19-8-10-1-4-12(5-2-10)21-9-15(18)20/h1-7,19H,8-9H2,(H2,18,20). The molecule has 0 bridgehead atoms. The van der Waals surface area contributed by atoms with Crippen LogP contribution in [0.2, 0.25) is 5.02 Å². The molecular formula is C15H14ClFN2O2. The summed E-state index contributed by atoms with van der Waals surface area (Å²) in [6.07, 6.45) is 0. The van der Waals surface area contributed by atoms with Crippen molar-refractivity contribution in [3.8, 4) is 5.75 Å². The molecule has 0 aliphatic carbocycles. The van der Waals surface area contributed by atoms with Crippen LogP contribution in [0.5, 0.6) is 5.75 Å². The van der Waals surface area contributed by atoms with Crippen LogP contribution in [0, 0.1) is 5.82 Å². The molecule has 0 aliphatic rings. The Kier molecular flexibility index (Phi) is 5.00. The molecule has 0 saturated heterocycles. The van der Waals surface area contributed by atoms with Gasteiger partial charge in [-0.05, 0) is 35.9 Å². The maximum atomic E-state index is 12.9. The topological polar surface area (TPSA) is 64.4 Å². The van der Waals surface area contributed by atoms with Crippen LogP contribution in [-0.2, 0) is 11.3 Å². The fourth-order valence-electron chi connectivity index (χ4n) is 1.69. The molecule has 0 aromatic heterocycles. The van der Waals surface area contributed by atoms with E-state index in [0.29, 0.717) is 23.0 Å². The smallest absolute Gasteiger partial charge is 0.255 e. The molecule has 1 amide bonds. The van der Waals surface area contributed by atoms with Gasteiger partial charge in [-0.1, -0.05) is 23.7 Å². The van der Waals surface area contributed by atoms with E-state index >= 15 is 0 Å². The molecule has 0 heterocycles. The van der Waals surface area contributed by atoms with Crippen LogP contribution in [-0.4, -0.2) is 12.5 Å². The molecule has 0 aliphatic heterocycles. The zero-order valence-corrected chi connectivity index (χ0v) is 11.9. The van der Waals surface area contributed by atoms with Gasteiger partial charge in [0.05, 0.1) is 10.7 Å². The van der Waals surface area contributed by atoms with E-state index in [4.69, 9.17) is 22.1 Å². The molecule has 6 heteroatoms. The highest BCUT2D eigenvalue weighted by molar-refractivity contribution is 6.33. The Morgan fingerprint density at radius 1 is 1.24 bits per heavy atom. The van der Waals surface area contributed by atoms with Gasteiger partial charge in [-0.3, -0.25) is 4.79 Å². The summed E-state index contributed by atoms with van der Waals surface area (Å²) in [5.74, 6) is -0.328. The Balaban J connectivity index is 1.92. The number of anilines is 1. The van der Waals surface area contributed by atoms with Crippen LogP contribution in [0.25, 0.3) is 0 Å². The van der Waals surface area contributed by atoms with Crippen LogP contribution >= 0.6 is 11.6 Å². The predicted octanol–water partition coefficient (Wildman–Crippen LogP) is 2.96. The first-order valence-electron chi connectivity index (χ1n) is 6.23. The van der Waals surface area contributed by atoms with Crippen molar-refractivity contribution in [1.82, 2.24) is 0 Å². The van der Waals surface area contributed by atoms with Crippen molar-refractivity contribution in [2.75, 3.05) is 11.9 Å². The second kappa shape index (κ2) is 6.95. The summed E-state index contributed by atoms with van der Waals surface area (Å²) in [5, 5.41) is 3.44. The SMILES string of the molecule is NC(=O)COc1ccc(CNc2ccc(F)cc2Cl)cc1. The fourth-order valence-corrected chi connectivity index (χ4v) is 1.92. The number of halogens is 2. The first-order valence-corrected chi connectivity index (χ1v) is 6.61. The number of hydrogen-bond acceptors (Lipinski definition) is 3. The van der Waals surface area contributed by atoms with Crippen LogP contribution in [0.15, 0.2) is 42.5 Å². The van der Waals surface area contributed by atoms with Crippen molar-refractivity contribution in [3.63, 3.8) is 0 Å². The number of primary amides is 1. The first-order chi connectivity index (χ1) is 10.0. The van der Waals surface area contributed by atoms with E-state index < -0.39 is 5.91 Å². The van der Waals surface area contributed by atoms with Gasteiger partial charge in [-0.25, -0.2) is 4.39 Å². The molecule has 0 fully saturated rings. The summed E-state index contributed by atoms with van der Waals surface area (Å²) in [6.45, 7) is 0.379. The van der Waals surface area contributed by atoms with Gasteiger partial charge in [0.2, 0.25) is 0 Å². The second-order valence-corrected chi connectivity index (χ2v) is 4.78. The molecule has 0 radical (unpaired) electrons. The highest BCUT2D eigenvalue weighted by Crippen LogP contribution is 2.23. The molecule has 2 aromatic carbocycles. The number of nitrogens with two attached hydrogens (primary N) is 1. The first kappa shape index (κ1) is 15.1. The van der Waals surface area contributed by atoms with Crippen LogP contribution in [0.1, 0.15) is 5.56 Å². The quantitative estimate of drug-likeness (QED) is 0.862. The van der Waals surface area contributed by atoms with E-state index in [1.54, 1.807) is 18.2 Å². The molecule has 0 saturated carbocycles. The monoisotopic (exact) mass is 308 g/mol. The Labute approximate surface area is 126 Å². The summed E-state index contributed by atoms with van der Waals surface area (Å²) >= 11 is 5.93. The highest BCUT2D eigenvalue weighted by atomic mass is 35.5. The van der Waals surface area contributed by atoms with Gasteiger partial charge in [0.25, 0.3) is 5.91 Å². The molecule has 110 valence electrons. The van der Waals surface area contributed by atoms with Crippen molar-refractivity contribution in [1.29, 1.82) is 0 Å². The van der Waals surface area contributed by atoms with Gasteiger partial charge in [-0.15, -0.1) is 0 Å². The van der Waals surface area contributed by atoms with Gasteiger partial charge >= 0.3 is 0 Å². The lowest BCUT2D eigenvalue weighted by atomic mass is 10.2. The predicted molar refractivity (Wildman–Crippen MR) is 79.9 cm³/mol. The van der Waals surface area contributed by atoms with E-state index in [-0.39, 0.29) is 12.4 Å². The fraction of sp³-hybridized carbons (Fsp3) is 0.133. The molecule has 0 spiro atoms. The summed E-state index contributed by atoms with van der Waals surface area (Å²) in [6, 6.07) is 11.4. The Hall–Kier alpha value is -2.27. The second-order valence-electron chi connectivity index (χ2n) is 4.38. The minimum atomic E-state index is -0.522. The van der Waals surface area contributed by atoms with Crippen molar-refractivity contribution >= 4 is 23.2 Å². The van der Waals surface area contributed by atoms with Crippen molar-refractivity contribution in [2.24, 2.45) is 5.73 Å². The number of carbonyl (C=O) groups is 1. The van der Waals surface area contributed by atoms with Crippen molar-refractivity contribution in [3.05, 3.63) is 58.9 Å². The number of amides is 1. The number of ether oxygens (including phenoxy) is 1. The number of hydrogen-bond donors (Lipinski definition) is 2. The Morgan fingerprint density at radius 3 is 2.57 bits per heavy atom. The van der Waals surface area contributed by atoms with Gasteiger partial charge < -0.3 is 15.8 Å². The minimum absolute atomic E-state index is 0.150. The summed E-state index contributed by atoms with van der Waals surface area (Å²) < 4.78 is 18.1. The number of nitrogens with one attached hydrogen (secondary N) is 1. The third-order valence-electron chi connectivity index (χ3n) is 2.72. The van der Waals surface area contributed by atoms with Gasteiger partial charge in [0.1, 0.15) is 11.6 Å². The number of benzene rings is 2. The molecule has 3 N–H and O–H groups in total. The third-order valence-corrected chi connectivity index (χ3v) is 3.03. The normalized spacial score (nSPS) is 10.2. The molecule has 2 rings (SSSR count). The zero-order chi connectivity index (χ0) is 15.2. The largest absolute Gasteiger partial charge is 0.484 e. The van der Waals surface area contributed by atoms with Crippen LogP contribution in [0.4, 0.5) is 10.1 Å². The molecule has 2 aromatic rings. The summed E-state index contributed by atoms with van der Waals surface area (Å²) in [5.41, 5.74) is 6.64. The van der Waals surface area contributed by atoms with E-state index in [1.807, 2.05) is 12.1 Å². The summed E-state index contributed by atoms with van der Waals surface area (Å²) in [4.78, 5) is 10.6. The molecule has 21 heavy (non-hydrogen) atoms. The van der Waals surface area contributed by atoms with Crippen LogP contribution < -0.4 is 15.8 Å². The Bertz CT molecular complexity index is 632.